The molecule has 1 aromatic carbocycles. The third-order valence-electron chi connectivity index (χ3n) is 4.73. The maximum atomic E-state index is 5.49. The highest BCUT2D eigenvalue weighted by Gasteiger charge is 2.18. The SMILES string of the molecule is CCN(c1cccc(-c2cnc3c(NC)nccn23)c1)N1CCOCC1. The maximum Gasteiger partial charge on any atom is 0.180 e. The number of rotatable bonds is 5. The summed E-state index contributed by atoms with van der Waals surface area (Å²) in [6.07, 6.45) is 5.65. The Morgan fingerprint density at radius 2 is 2.08 bits per heavy atom. The van der Waals surface area contributed by atoms with E-state index in [1.807, 2.05) is 19.4 Å². The van der Waals surface area contributed by atoms with Crippen molar-refractivity contribution in [2.24, 2.45) is 0 Å². The van der Waals surface area contributed by atoms with E-state index in [0.29, 0.717) is 0 Å². The largest absolute Gasteiger partial charge is 0.379 e. The van der Waals surface area contributed by atoms with Gasteiger partial charge in [0, 0.05) is 44.6 Å². The lowest BCUT2D eigenvalue weighted by Crippen LogP contribution is -2.49. The minimum Gasteiger partial charge on any atom is -0.379 e. The van der Waals surface area contributed by atoms with Gasteiger partial charge in [0.05, 0.1) is 30.8 Å². The van der Waals surface area contributed by atoms with E-state index in [1.54, 1.807) is 6.20 Å². The molecule has 2 aromatic heterocycles. The Morgan fingerprint density at radius 1 is 1.23 bits per heavy atom. The molecule has 0 aliphatic carbocycles. The zero-order chi connectivity index (χ0) is 17.9. The zero-order valence-electron chi connectivity index (χ0n) is 15.2. The van der Waals surface area contributed by atoms with Gasteiger partial charge in [-0.25, -0.2) is 15.0 Å². The lowest BCUT2D eigenvalue weighted by Gasteiger charge is -2.38. The molecule has 0 bridgehead atoms. The monoisotopic (exact) mass is 352 g/mol. The second-order valence-corrected chi connectivity index (χ2v) is 6.20. The highest BCUT2D eigenvalue weighted by Crippen LogP contribution is 2.27. The van der Waals surface area contributed by atoms with Gasteiger partial charge < -0.3 is 15.1 Å². The first-order valence-electron chi connectivity index (χ1n) is 9.02. The topological polar surface area (TPSA) is 57.9 Å². The Kier molecular flexibility index (Phi) is 4.73. The maximum absolute atomic E-state index is 5.49. The fourth-order valence-electron chi connectivity index (χ4n) is 3.48. The van der Waals surface area contributed by atoms with Gasteiger partial charge in [-0.15, -0.1) is 0 Å². The minimum atomic E-state index is 0.776. The van der Waals surface area contributed by atoms with Gasteiger partial charge in [-0.1, -0.05) is 12.1 Å². The number of hydrazine groups is 1. The molecule has 0 unspecified atom stereocenters. The van der Waals surface area contributed by atoms with Crippen molar-refractivity contribution in [3.05, 3.63) is 42.9 Å². The first-order valence-corrected chi connectivity index (χ1v) is 9.02. The lowest BCUT2D eigenvalue weighted by atomic mass is 10.1. The molecule has 0 spiro atoms. The molecule has 1 aliphatic heterocycles. The summed E-state index contributed by atoms with van der Waals surface area (Å²) in [6, 6.07) is 8.61. The van der Waals surface area contributed by atoms with E-state index >= 15 is 0 Å². The van der Waals surface area contributed by atoms with Crippen LogP contribution < -0.4 is 10.3 Å². The molecule has 7 heteroatoms. The molecule has 0 saturated carbocycles. The molecule has 136 valence electrons. The Morgan fingerprint density at radius 3 is 2.85 bits per heavy atom. The third kappa shape index (κ3) is 3.00. The van der Waals surface area contributed by atoms with Crippen LogP contribution in [0.5, 0.6) is 0 Å². The molecule has 26 heavy (non-hydrogen) atoms. The molecular formula is C19H24N6O. The van der Waals surface area contributed by atoms with E-state index in [1.165, 1.54) is 5.69 Å². The van der Waals surface area contributed by atoms with Gasteiger partial charge in [-0.3, -0.25) is 4.40 Å². The fraction of sp³-hybridized carbons (Fsp3) is 0.368. The van der Waals surface area contributed by atoms with Crippen LogP contribution in [0.15, 0.2) is 42.9 Å². The predicted molar refractivity (Wildman–Crippen MR) is 103 cm³/mol. The van der Waals surface area contributed by atoms with Gasteiger partial charge in [0.2, 0.25) is 0 Å². The number of ether oxygens (including phenoxy) is 1. The van der Waals surface area contributed by atoms with E-state index in [4.69, 9.17) is 4.74 Å². The van der Waals surface area contributed by atoms with Crippen molar-refractivity contribution < 1.29 is 4.74 Å². The van der Waals surface area contributed by atoms with E-state index in [-0.39, 0.29) is 0 Å². The molecule has 3 heterocycles. The summed E-state index contributed by atoms with van der Waals surface area (Å²) in [4.78, 5) is 8.88. The van der Waals surface area contributed by atoms with Gasteiger partial charge >= 0.3 is 0 Å². The van der Waals surface area contributed by atoms with Gasteiger partial charge in [0.1, 0.15) is 0 Å². The third-order valence-corrected chi connectivity index (χ3v) is 4.73. The van der Waals surface area contributed by atoms with E-state index in [9.17, 15) is 0 Å². The number of hydrogen-bond donors (Lipinski definition) is 1. The fourth-order valence-corrected chi connectivity index (χ4v) is 3.48. The van der Waals surface area contributed by atoms with Crippen molar-refractivity contribution in [3.63, 3.8) is 0 Å². The molecule has 1 fully saturated rings. The van der Waals surface area contributed by atoms with Crippen molar-refractivity contribution in [3.8, 4) is 11.3 Å². The molecule has 0 atom stereocenters. The van der Waals surface area contributed by atoms with Gasteiger partial charge in [0.25, 0.3) is 0 Å². The summed E-state index contributed by atoms with van der Waals surface area (Å²) in [5.74, 6) is 0.776. The first kappa shape index (κ1) is 16.8. The second-order valence-electron chi connectivity index (χ2n) is 6.20. The van der Waals surface area contributed by atoms with Crippen LogP contribution in [0.25, 0.3) is 16.9 Å². The molecule has 3 aromatic rings. The van der Waals surface area contributed by atoms with E-state index in [0.717, 1.165) is 55.6 Å². The van der Waals surface area contributed by atoms with Crippen LogP contribution in [0.4, 0.5) is 11.5 Å². The van der Waals surface area contributed by atoms with Gasteiger partial charge in [0.15, 0.2) is 11.5 Å². The van der Waals surface area contributed by atoms with Gasteiger partial charge in [-0.05, 0) is 19.1 Å². The average molecular weight is 352 g/mol. The number of aromatic nitrogens is 3. The van der Waals surface area contributed by atoms with Crippen LogP contribution in [-0.4, -0.2) is 59.3 Å². The number of benzene rings is 1. The standard InChI is InChI=1S/C19H24N6O/c1-3-25(23-9-11-26-12-10-23)16-6-4-5-15(13-16)17-14-22-19-18(20-2)21-7-8-24(17)19/h4-8,13-14H,3,9-12H2,1-2H3,(H,20,21). The molecule has 0 amide bonds. The molecule has 4 rings (SSSR count). The molecule has 0 radical (unpaired) electrons. The summed E-state index contributed by atoms with van der Waals surface area (Å²) in [7, 11) is 1.86. The van der Waals surface area contributed by atoms with Crippen molar-refractivity contribution in [1.82, 2.24) is 19.4 Å². The Labute approximate surface area is 153 Å². The first-order chi connectivity index (χ1) is 12.8. The van der Waals surface area contributed by atoms with Crippen LogP contribution in [0.1, 0.15) is 6.92 Å². The van der Waals surface area contributed by atoms with Crippen molar-refractivity contribution in [2.75, 3.05) is 50.2 Å². The van der Waals surface area contributed by atoms with Crippen molar-refractivity contribution in [2.45, 2.75) is 6.92 Å². The zero-order valence-corrected chi connectivity index (χ0v) is 15.2. The lowest BCUT2D eigenvalue weighted by molar-refractivity contribution is 0.0322. The highest BCUT2D eigenvalue weighted by atomic mass is 16.5. The molecule has 1 aliphatic rings. The second kappa shape index (κ2) is 7.31. The summed E-state index contributed by atoms with van der Waals surface area (Å²) >= 11 is 0. The number of nitrogens with zero attached hydrogens (tertiary/aromatic N) is 5. The van der Waals surface area contributed by atoms with Gasteiger partial charge in [-0.2, -0.15) is 0 Å². The number of imidazole rings is 1. The summed E-state index contributed by atoms with van der Waals surface area (Å²) in [5, 5.41) is 7.79. The van der Waals surface area contributed by atoms with Crippen LogP contribution in [-0.2, 0) is 4.74 Å². The number of nitrogens with one attached hydrogen (secondary N) is 1. The van der Waals surface area contributed by atoms with Crippen molar-refractivity contribution >= 4 is 17.2 Å². The summed E-state index contributed by atoms with van der Waals surface area (Å²) in [6.45, 7) is 6.51. The molecule has 1 saturated heterocycles. The molecular weight excluding hydrogens is 328 g/mol. The summed E-state index contributed by atoms with van der Waals surface area (Å²) in [5.41, 5.74) is 4.20. The summed E-state index contributed by atoms with van der Waals surface area (Å²) < 4.78 is 7.56. The molecule has 1 N–H and O–H groups in total. The molecule has 7 nitrogen and oxygen atoms in total. The van der Waals surface area contributed by atoms with Crippen LogP contribution >= 0.6 is 0 Å². The average Bonchev–Trinajstić information content (AvgIpc) is 3.14. The van der Waals surface area contributed by atoms with Crippen LogP contribution in [0, 0.1) is 0 Å². The minimum absolute atomic E-state index is 0.776. The number of hydrogen-bond acceptors (Lipinski definition) is 6. The van der Waals surface area contributed by atoms with Crippen LogP contribution in [0.2, 0.25) is 0 Å². The quantitative estimate of drug-likeness (QED) is 0.761. The smallest absolute Gasteiger partial charge is 0.180 e. The van der Waals surface area contributed by atoms with E-state index < -0.39 is 0 Å². The Hall–Kier alpha value is -2.64. The number of anilines is 2. The Bertz CT molecular complexity index is 887. The van der Waals surface area contributed by atoms with Crippen molar-refractivity contribution in [1.29, 1.82) is 0 Å². The number of fused-ring (bicyclic) bond motifs is 1. The Balaban J connectivity index is 1.71. The predicted octanol–water partition coefficient (Wildman–Crippen LogP) is 2.51. The number of morpholine rings is 1. The normalized spacial score (nSPS) is 15.3. The van der Waals surface area contributed by atoms with Crippen LogP contribution in [0.3, 0.4) is 0 Å². The van der Waals surface area contributed by atoms with E-state index in [2.05, 4.69) is 60.9 Å². The highest BCUT2D eigenvalue weighted by molar-refractivity contribution is 5.72.